The highest BCUT2D eigenvalue weighted by molar-refractivity contribution is 9.11. The molecule has 0 radical (unpaired) electrons. The van der Waals surface area contributed by atoms with E-state index in [9.17, 15) is 73.3 Å². The lowest BCUT2D eigenvalue weighted by Gasteiger charge is -2.11. The Balaban J connectivity index is 0.000000217. The number of carbonyl (C=O) groups excluding carboxylic acids is 2. The van der Waals surface area contributed by atoms with Crippen molar-refractivity contribution in [3.63, 3.8) is 0 Å². The minimum atomic E-state index is -3.90. The van der Waals surface area contributed by atoms with Gasteiger partial charge in [-0.25, -0.2) is 92.2 Å². The Hall–Kier alpha value is -7.49. The third-order valence-corrected chi connectivity index (χ3v) is 23.5. The van der Waals surface area contributed by atoms with Crippen LogP contribution >= 0.6 is 58.5 Å². The van der Waals surface area contributed by atoms with Gasteiger partial charge in [0.1, 0.15) is 23.0 Å². The van der Waals surface area contributed by atoms with Crippen molar-refractivity contribution in [3.05, 3.63) is 205 Å². The summed E-state index contributed by atoms with van der Waals surface area (Å²) < 4.78 is 210. The van der Waals surface area contributed by atoms with Gasteiger partial charge in [-0.2, -0.15) is 10.2 Å². The van der Waals surface area contributed by atoms with Crippen molar-refractivity contribution >= 4 is 175 Å². The summed E-state index contributed by atoms with van der Waals surface area (Å²) in [5, 5.41) is 30.6. The predicted molar refractivity (Wildman–Crippen MR) is 382 cm³/mol. The fraction of sp³-hybridized carbons (Fsp3) is 0.153. The van der Waals surface area contributed by atoms with E-state index in [0.29, 0.717) is 22.0 Å². The van der Waals surface area contributed by atoms with Crippen LogP contribution in [0.15, 0.2) is 179 Å². The van der Waals surface area contributed by atoms with E-state index < -0.39 is 124 Å². The Kier molecular flexibility index (Phi) is 28.7. The lowest BCUT2D eigenvalue weighted by Crippen LogP contribution is -2.30. The third-order valence-electron chi connectivity index (χ3n) is 13.4. The highest BCUT2D eigenvalue weighted by Gasteiger charge is 2.29. The molecule has 538 valence electrons. The van der Waals surface area contributed by atoms with Gasteiger partial charge in [-0.3, -0.25) is 29.2 Å². The maximum Gasteiger partial charge on any atom is 0.488 e. The topological polar surface area (TPSA) is 423 Å². The molecule has 0 saturated carbocycles. The average Bonchev–Trinajstić information content (AvgIpc) is 1.65. The fourth-order valence-electron chi connectivity index (χ4n) is 8.39. The summed E-state index contributed by atoms with van der Waals surface area (Å²) in [5.74, 6) is -7.60. The van der Waals surface area contributed by atoms with Crippen molar-refractivity contribution in [2.45, 2.75) is 46.3 Å². The third kappa shape index (κ3) is 22.0. The summed E-state index contributed by atoms with van der Waals surface area (Å²) in [7, 11) is -14.2. The van der Waals surface area contributed by atoms with Gasteiger partial charge in [0.15, 0.2) is 22.9 Å². The van der Waals surface area contributed by atoms with Gasteiger partial charge < -0.3 is 10.0 Å². The molecule has 0 unspecified atom stereocenters. The molecule has 27 nitrogen and oxygen atoms in total. The lowest BCUT2D eigenvalue weighted by atomic mass is 9.81. The summed E-state index contributed by atoms with van der Waals surface area (Å²) in [6.07, 6.45) is 3.49. The van der Waals surface area contributed by atoms with Crippen molar-refractivity contribution in [2.75, 3.05) is 42.1 Å². The standard InChI is InChI=1S/C23H21F2N5O5S2.C16H13BrF2N4O3S.C7H10BNO4S.C7H8BrNO2S.C6H4BrClO2S/c1-3-10-36(32,33)30-18-9-8-17(24)19(20(18)25)22(31)21-16-11-14(12-27-23(16)29-28-21)13-4-6-15(7-5-13)37(34,35)26-2;1-2-5-27(25,26)23-11-4-3-10(18)12(13(11)19)15(24)14-9-6-8(17)7-20-16(9)22-21-14;1-9-14(12,13)7-4-2-6(3-5-7)8(10)11;1-9-12(10,11)7-4-2-6(8)3-5-7;7-5-1-3-6(4-2-5)11(8,9)10/h4-9,11-12,26,30H,3,10H2,1-2H3,(H,27,28,29);3-4,6-7,23H,2,5H2,1H3,(H,20,21,22);2-5,9-11H,1H3;2-5,9H,1H3;1-4H. The predicted octanol–water partition coefficient (Wildman–Crippen LogP) is 8.58. The van der Waals surface area contributed by atoms with Crippen LogP contribution in [0.3, 0.4) is 0 Å². The van der Waals surface area contributed by atoms with Crippen LogP contribution in [0.2, 0.25) is 0 Å². The van der Waals surface area contributed by atoms with Crippen molar-refractivity contribution < 1.29 is 87.7 Å². The van der Waals surface area contributed by atoms with Crippen molar-refractivity contribution in [1.82, 2.24) is 44.5 Å². The number of fused-ring (bicyclic) bond motifs is 2. The number of aromatic nitrogens is 6. The quantitative estimate of drug-likeness (QED) is 0.0141. The van der Waals surface area contributed by atoms with Gasteiger partial charge in [0, 0.05) is 42.1 Å². The fourth-order valence-corrected chi connectivity index (χ4v) is 14.5. The number of carbonyl (C=O) groups is 2. The van der Waals surface area contributed by atoms with Gasteiger partial charge in [-0.15, -0.1) is 0 Å². The van der Waals surface area contributed by atoms with Crippen LogP contribution in [-0.4, -0.2) is 142 Å². The van der Waals surface area contributed by atoms with Crippen LogP contribution in [0.4, 0.5) is 28.9 Å². The second-order valence-corrected chi connectivity index (χ2v) is 35.0. The zero-order valence-corrected chi connectivity index (χ0v) is 63.0. The Morgan fingerprint density at radius 1 is 0.485 bits per heavy atom. The first kappa shape index (κ1) is 82.5. The largest absolute Gasteiger partial charge is 0.488 e. The average molecular weight is 1730 g/mol. The first-order chi connectivity index (χ1) is 47.2. The summed E-state index contributed by atoms with van der Waals surface area (Å²) >= 11 is 9.60. The van der Waals surface area contributed by atoms with Crippen LogP contribution in [0.1, 0.15) is 58.8 Å². The molecule has 0 atom stereocenters. The number of hydrogen-bond acceptors (Lipinski definition) is 20. The zero-order chi connectivity index (χ0) is 75.2. The number of hydrogen-bond donors (Lipinski definition) is 9. The molecule has 10 rings (SSSR count). The number of aromatic amines is 2. The molecule has 0 bridgehead atoms. The van der Waals surface area contributed by atoms with E-state index in [1.807, 2.05) is 9.44 Å². The summed E-state index contributed by atoms with van der Waals surface area (Å²) in [6.45, 7) is 3.27. The van der Waals surface area contributed by atoms with E-state index >= 15 is 4.39 Å². The molecule has 0 aliphatic rings. The van der Waals surface area contributed by atoms with E-state index in [1.165, 1.54) is 106 Å². The molecular formula is C59H56BBr3ClF4N11O16S6. The molecule has 0 spiro atoms. The normalized spacial score (nSPS) is 11.8. The molecule has 0 fully saturated rings. The van der Waals surface area contributed by atoms with Gasteiger partial charge in [0.05, 0.1) is 64.4 Å². The second-order valence-electron chi connectivity index (χ2n) is 20.3. The molecule has 42 heteroatoms. The first-order valence-corrected chi connectivity index (χ1v) is 40.9. The molecule has 101 heavy (non-hydrogen) atoms. The van der Waals surface area contributed by atoms with E-state index in [-0.39, 0.29) is 76.4 Å². The maximum absolute atomic E-state index is 15.2. The van der Waals surface area contributed by atoms with Gasteiger partial charge in [0.25, 0.3) is 9.05 Å². The molecule has 4 aromatic heterocycles. The van der Waals surface area contributed by atoms with Gasteiger partial charge >= 0.3 is 7.12 Å². The number of sulfonamides is 5. The molecule has 0 aliphatic heterocycles. The number of nitrogens with zero attached hydrogens (tertiary/aromatic N) is 4. The molecular weight excluding hydrogens is 1670 g/mol. The summed E-state index contributed by atoms with van der Waals surface area (Å²) in [4.78, 5) is 34.6. The van der Waals surface area contributed by atoms with E-state index in [2.05, 4.69) is 92.3 Å². The van der Waals surface area contributed by atoms with Gasteiger partial charge in [0.2, 0.25) is 61.7 Å². The van der Waals surface area contributed by atoms with E-state index in [4.69, 9.17) is 20.7 Å². The SMILES string of the molecule is CCCS(=O)(=O)Nc1ccc(F)c(C(=O)c2[nH]nc3ncc(-c4ccc(S(=O)(=O)NC)cc4)cc23)c1F.CCCS(=O)(=O)Nc1ccc(F)c(C(=O)c2[nH]nc3ncc(Br)cc23)c1F.CNS(=O)(=O)c1ccc(B(O)O)cc1.CNS(=O)(=O)c1ccc(Br)cc1.O=S(=O)(Cl)c1ccc(Br)cc1. The number of H-pyrrole nitrogens is 2. The van der Waals surface area contributed by atoms with E-state index in [0.717, 1.165) is 33.2 Å². The van der Waals surface area contributed by atoms with Crippen LogP contribution in [0, 0.1) is 23.3 Å². The second kappa shape index (κ2) is 35.1. The minimum absolute atomic E-state index is 0.0485. The number of benzene rings is 6. The number of ketones is 2. The molecule has 9 N–H and O–H groups in total. The summed E-state index contributed by atoms with van der Waals surface area (Å²) in [6, 6.07) is 30.2. The molecule has 0 saturated heterocycles. The van der Waals surface area contributed by atoms with Crippen LogP contribution < -0.4 is 29.1 Å². The van der Waals surface area contributed by atoms with Crippen LogP contribution in [0.25, 0.3) is 33.2 Å². The Labute approximate surface area is 607 Å². The maximum atomic E-state index is 15.2. The summed E-state index contributed by atoms with van der Waals surface area (Å²) in [5.41, 5.74) is -1.74. The number of pyridine rings is 2. The first-order valence-electron chi connectivity index (χ1n) is 28.5. The van der Waals surface area contributed by atoms with Crippen LogP contribution in [0.5, 0.6) is 0 Å². The smallest absolute Gasteiger partial charge is 0.423 e. The molecule has 0 aliphatic carbocycles. The van der Waals surface area contributed by atoms with Crippen molar-refractivity contribution in [2.24, 2.45) is 0 Å². The molecule has 4 heterocycles. The highest BCUT2D eigenvalue weighted by Crippen LogP contribution is 2.31. The Morgan fingerprint density at radius 2 is 0.842 bits per heavy atom. The number of nitrogens with one attached hydrogen (secondary N) is 7. The highest BCUT2D eigenvalue weighted by atomic mass is 79.9. The minimum Gasteiger partial charge on any atom is -0.423 e. The lowest BCUT2D eigenvalue weighted by molar-refractivity contribution is 0.101. The zero-order valence-electron chi connectivity index (χ0n) is 52.6. The van der Waals surface area contributed by atoms with E-state index in [1.54, 1.807) is 50.2 Å². The molecule has 6 aromatic carbocycles. The Morgan fingerprint density at radius 3 is 1.21 bits per heavy atom. The number of halogens is 8. The van der Waals surface area contributed by atoms with Gasteiger partial charge in [-0.05, 0) is 170 Å². The number of rotatable bonds is 21. The molecule has 0 amide bonds. The van der Waals surface area contributed by atoms with Crippen LogP contribution in [-0.2, 0) is 59.2 Å². The monoisotopic (exact) mass is 1720 g/mol. The van der Waals surface area contributed by atoms with Crippen molar-refractivity contribution in [3.8, 4) is 11.1 Å². The number of anilines is 2. The van der Waals surface area contributed by atoms with Gasteiger partial charge in [-0.1, -0.05) is 70.0 Å². The van der Waals surface area contributed by atoms with Crippen molar-refractivity contribution in [1.29, 1.82) is 0 Å². The Bertz CT molecular complexity index is 5400. The molecule has 10 aromatic rings.